The maximum Gasteiger partial charge on any atom is 0.222 e. The maximum absolute atomic E-state index is 11.2. The molecule has 4 atom stereocenters. The van der Waals surface area contributed by atoms with Crippen LogP contribution in [0.5, 0.6) is 0 Å². The second kappa shape index (κ2) is 7.57. The zero-order valence-corrected chi connectivity index (χ0v) is 9.95. The van der Waals surface area contributed by atoms with Gasteiger partial charge in [0, 0.05) is 12.5 Å². The second-order valence-electron chi connectivity index (χ2n) is 4.20. The van der Waals surface area contributed by atoms with Gasteiger partial charge in [-0.05, 0) is 0 Å². The first-order valence-electron chi connectivity index (χ1n) is 5.42. The third-order valence-corrected chi connectivity index (χ3v) is 2.34. The van der Waals surface area contributed by atoms with Crippen molar-refractivity contribution >= 4 is 5.91 Å². The second-order valence-corrected chi connectivity index (χ2v) is 4.20. The van der Waals surface area contributed by atoms with Gasteiger partial charge in [0.2, 0.25) is 5.91 Å². The van der Waals surface area contributed by atoms with Crippen molar-refractivity contribution in [3.63, 3.8) is 0 Å². The van der Waals surface area contributed by atoms with Gasteiger partial charge in [-0.1, -0.05) is 13.8 Å². The molecule has 0 saturated carbocycles. The minimum Gasteiger partial charge on any atom is -0.394 e. The van der Waals surface area contributed by atoms with Crippen LogP contribution in [0.2, 0.25) is 0 Å². The molecule has 0 aliphatic carbocycles. The predicted octanol–water partition coefficient (Wildman–Crippen LogP) is -2.81. The molecule has 6 N–H and O–H groups in total. The lowest BCUT2D eigenvalue weighted by molar-refractivity contribution is -0.128. The van der Waals surface area contributed by atoms with Gasteiger partial charge in [0.05, 0.1) is 12.7 Å². The van der Waals surface area contributed by atoms with Crippen molar-refractivity contribution in [3.8, 4) is 0 Å². The topological polar surface area (TPSA) is 130 Å². The Kier molecular flexibility index (Phi) is 7.24. The molecule has 1 amide bonds. The van der Waals surface area contributed by atoms with Gasteiger partial charge in [0.25, 0.3) is 0 Å². The van der Waals surface area contributed by atoms with Gasteiger partial charge < -0.3 is 30.8 Å². The van der Waals surface area contributed by atoms with E-state index in [1.54, 1.807) is 13.8 Å². The lowest BCUT2D eigenvalue weighted by atomic mass is 10.0. The smallest absolute Gasteiger partial charge is 0.222 e. The summed E-state index contributed by atoms with van der Waals surface area (Å²) in [5.74, 6) is -0.555. The van der Waals surface area contributed by atoms with Gasteiger partial charge in [-0.25, -0.2) is 0 Å². The van der Waals surface area contributed by atoms with Crippen molar-refractivity contribution in [2.45, 2.75) is 38.3 Å². The molecule has 0 aromatic carbocycles. The van der Waals surface area contributed by atoms with Gasteiger partial charge in [-0.3, -0.25) is 4.79 Å². The van der Waals surface area contributed by atoms with Crippen LogP contribution in [0.4, 0.5) is 0 Å². The van der Waals surface area contributed by atoms with Crippen molar-refractivity contribution in [3.05, 3.63) is 0 Å². The molecule has 0 rings (SSSR count). The lowest BCUT2D eigenvalue weighted by Crippen LogP contribution is -2.50. The van der Waals surface area contributed by atoms with Gasteiger partial charge in [-0.2, -0.15) is 0 Å². The molecule has 0 bridgehead atoms. The molecule has 0 spiro atoms. The molecule has 0 heterocycles. The van der Waals surface area contributed by atoms with Crippen LogP contribution in [0.25, 0.3) is 0 Å². The number of nitrogens with one attached hydrogen (secondary N) is 1. The van der Waals surface area contributed by atoms with E-state index in [9.17, 15) is 20.1 Å². The minimum atomic E-state index is -1.68. The van der Waals surface area contributed by atoms with Crippen molar-refractivity contribution in [2.24, 2.45) is 5.92 Å². The van der Waals surface area contributed by atoms with Crippen LogP contribution in [0.1, 0.15) is 13.8 Å². The van der Waals surface area contributed by atoms with Gasteiger partial charge >= 0.3 is 0 Å². The van der Waals surface area contributed by atoms with Crippen LogP contribution >= 0.6 is 0 Å². The van der Waals surface area contributed by atoms with Crippen molar-refractivity contribution in [1.29, 1.82) is 0 Å². The summed E-state index contributed by atoms with van der Waals surface area (Å²) in [5.41, 5.74) is 0. The first kappa shape index (κ1) is 16.3. The summed E-state index contributed by atoms with van der Waals surface area (Å²) in [6.07, 6.45) is -6.29. The molecule has 0 unspecified atom stereocenters. The summed E-state index contributed by atoms with van der Waals surface area (Å²) in [6.45, 7) is 2.36. The van der Waals surface area contributed by atoms with Crippen LogP contribution in [0.15, 0.2) is 0 Å². The zero-order chi connectivity index (χ0) is 13.6. The average molecular weight is 251 g/mol. The highest BCUT2D eigenvalue weighted by Crippen LogP contribution is 2.04. The molecule has 7 nitrogen and oxygen atoms in total. The molecule has 0 aromatic heterocycles. The molecule has 7 heteroatoms. The van der Waals surface area contributed by atoms with E-state index in [-0.39, 0.29) is 18.4 Å². The monoisotopic (exact) mass is 251 g/mol. The average Bonchev–Trinajstić information content (AvgIpc) is 2.32. The van der Waals surface area contributed by atoms with Crippen LogP contribution in [0.3, 0.4) is 0 Å². The summed E-state index contributed by atoms with van der Waals surface area (Å²) in [6, 6.07) is 0. The highest BCUT2D eigenvalue weighted by molar-refractivity contribution is 5.77. The van der Waals surface area contributed by atoms with Crippen LogP contribution in [-0.2, 0) is 4.79 Å². The molecule has 0 aromatic rings. The van der Waals surface area contributed by atoms with E-state index in [0.29, 0.717) is 0 Å². The first-order valence-corrected chi connectivity index (χ1v) is 5.42. The summed E-state index contributed by atoms with van der Waals surface area (Å²) in [7, 11) is 0. The van der Waals surface area contributed by atoms with Crippen molar-refractivity contribution in [1.82, 2.24) is 5.32 Å². The predicted molar refractivity (Wildman–Crippen MR) is 59.0 cm³/mol. The van der Waals surface area contributed by atoms with Gasteiger partial charge in [-0.15, -0.1) is 0 Å². The molecular formula is C10H21NO6. The Morgan fingerprint density at radius 2 is 1.53 bits per heavy atom. The maximum atomic E-state index is 11.2. The number of hydrogen-bond acceptors (Lipinski definition) is 6. The Balaban J connectivity index is 4.13. The van der Waals surface area contributed by atoms with Crippen LogP contribution in [-0.4, -0.2) is 69.0 Å². The van der Waals surface area contributed by atoms with E-state index in [4.69, 9.17) is 10.2 Å². The van der Waals surface area contributed by atoms with Crippen molar-refractivity contribution in [2.75, 3.05) is 13.2 Å². The number of carbonyl (C=O) groups is 1. The van der Waals surface area contributed by atoms with Gasteiger partial charge in [0.15, 0.2) is 0 Å². The molecular weight excluding hydrogens is 230 g/mol. The van der Waals surface area contributed by atoms with E-state index in [2.05, 4.69) is 5.32 Å². The third-order valence-electron chi connectivity index (χ3n) is 2.34. The number of aliphatic hydroxyl groups is 5. The fraction of sp³-hybridized carbons (Fsp3) is 0.900. The Bertz CT molecular complexity index is 235. The highest BCUT2D eigenvalue weighted by Gasteiger charge is 2.30. The lowest BCUT2D eigenvalue weighted by Gasteiger charge is -2.25. The van der Waals surface area contributed by atoms with E-state index in [1.807, 2.05) is 0 Å². The van der Waals surface area contributed by atoms with Crippen LogP contribution in [0, 0.1) is 5.92 Å². The SMILES string of the molecule is CC(C)C(=O)NC[C@@H](O)[C@@H](O)[C@H](O)[C@@H](O)CO. The van der Waals surface area contributed by atoms with E-state index in [1.165, 1.54) is 0 Å². The normalized spacial score (nSPS) is 18.6. The summed E-state index contributed by atoms with van der Waals surface area (Å²) >= 11 is 0. The molecule has 0 radical (unpaired) electrons. The number of carbonyl (C=O) groups excluding carboxylic acids is 1. The molecule has 102 valence electrons. The van der Waals surface area contributed by atoms with Crippen molar-refractivity contribution < 1.29 is 30.3 Å². The summed E-state index contributed by atoms with van der Waals surface area (Å²) in [5, 5.41) is 48.1. The van der Waals surface area contributed by atoms with Gasteiger partial charge in [0.1, 0.15) is 18.3 Å². The van der Waals surface area contributed by atoms with Crippen LogP contribution < -0.4 is 5.32 Å². The standard InChI is InChI=1S/C10H21NO6/c1-5(2)10(17)11-3-6(13)8(15)9(16)7(14)4-12/h5-9,12-16H,3-4H2,1-2H3,(H,11,17)/t6-,7+,8-,9-/m1/s1. The molecule has 0 saturated heterocycles. The largest absolute Gasteiger partial charge is 0.394 e. The fourth-order valence-electron chi connectivity index (χ4n) is 1.09. The number of hydrogen-bond donors (Lipinski definition) is 6. The summed E-state index contributed by atoms with van der Waals surface area (Å²) in [4.78, 5) is 11.2. The highest BCUT2D eigenvalue weighted by atomic mass is 16.4. The number of amides is 1. The first-order chi connectivity index (χ1) is 7.81. The Morgan fingerprint density at radius 1 is 1.06 bits per heavy atom. The molecule has 0 aliphatic rings. The zero-order valence-electron chi connectivity index (χ0n) is 9.95. The molecule has 0 aliphatic heterocycles. The Hall–Kier alpha value is -0.730. The Morgan fingerprint density at radius 3 is 1.94 bits per heavy atom. The Labute approximate surface area is 99.7 Å². The fourth-order valence-corrected chi connectivity index (χ4v) is 1.09. The molecule has 0 fully saturated rings. The third kappa shape index (κ3) is 5.42. The van der Waals surface area contributed by atoms with E-state index < -0.39 is 31.0 Å². The molecule has 17 heavy (non-hydrogen) atoms. The quantitative estimate of drug-likeness (QED) is 0.290. The number of rotatable bonds is 7. The van der Waals surface area contributed by atoms with E-state index in [0.717, 1.165) is 0 Å². The number of aliphatic hydroxyl groups excluding tert-OH is 5. The van der Waals surface area contributed by atoms with E-state index >= 15 is 0 Å². The minimum absolute atomic E-state index is 0.243. The summed E-state index contributed by atoms with van der Waals surface area (Å²) < 4.78 is 0.